The molecule has 0 aliphatic heterocycles. The van der Waals surface area contributed by atoms with Crippen LogP contribution in [0, 0.1) is 13.2 Å². The molecular weight excluding hydrogens is 1100 g/mol. The highest BCUT2D eigenvalue weighted by atomic mass is 28.3. The molecule has 15 rings (SSSR count). The number of imidazole rings is 1. The number of hydrogen-bond donors (Lipinski definition) is 0. The topological polar surface area (TPSA) is 35.9 Å². The number of rotatable bonds is 13. The lowest BCUT2D eigenvalue weighted by Gasteiger charge is -2.37. The van der Waals surface area contributed by atoms with Crippen molar-refractivity contribution in [3.63, 3.8) is 0 Å². The number of fused-ring (bicyclic) bond motifs is 4. The summed E-state index contributed by atoms with van der Waals surface area (Å²) in [5.41, 5.74) is -7.71. The summed E-state index contributed by atoms with van der Waals surface area (Å²) < 4.78 is 354. The van der Waals surface area contributed by atoms with Gasteiger partial charge in [0, 0.05) is 27.1 Å². The Labute approximate surface area is 571 Å². The predicted molar refractivity (Wildman–Crippen MR) is 371 cm³/mol. The van der Waals surface area contributed by atoms with Crippen LogP contribution in [-0.4, -0.2) is 22.2 Å². The number of aryl methyl sites for hydroxylation is 1. The second-order valence-corrected chi connectivity index (χ2v) is 25.0. The summed E-state index contributed by atoms with van der Waals surface area (Å²) in [4.78, 5) is 4.82. The Bertz CT molecular complexity index is 6860. The van der Waals surface area contributed by atoms with Crippen LogP contribution in [0.4, 0.5) is 0 Å². The molecule has 15 aromatic rings. The average molecular weight is 1200 g/mol. The van der Waals surface area contributed by atoms with Gasteiger partial charge in [0.25, 0.3) is 6.33 Å². The Morgan fingerprint density at radius 2 is 1.04 bits per heavy atom. The third-order valence-corrected chi connectivity index (χ3v) is 19.3. The fourth-order valence-electron chi connectivity index (χ4n) is 11.2. The third kappa shape index (κ3) is 10.0. The summed E-state index contributed by atoms with van der Waals surface area (Å²) in [6.45, 7) is 2.45. The van der Waals surface area contributed by atoms with Crippen molar-refractivity contribution in [1.29, 1.82) is 0 Å². The summed E-state index contributed by atoms with van der Waals surface area (Å²) in [5.74, 6) is 0.830. The minimum atomic E-state index is -6.93. The lowest BCUT2D eigenvalue weighted by molar-refractivity contribution is -0.570. The summed E-state index contributed by atoms with van der Waals surface area (Å²) in [6, 6.07) is -10.7. The van der Waals surface area contributed by atoms with Gasteiger partial charge in [-0.2, -0.15) is 0 Å². The molecule has 0 N–H and O–H groups in total. The first kappa shape index (κ1) is 28.3. The van der Waals surface area contributed by atoms with Crippen molar-refractivity contribution >= 4 is 61.7 Å². The standard InChI is InChI=1S/C83H64N4OSi/c1-58-48-75(65-51-63(60-28-13-6-14-29-60)50-64(52-65)61-30-15-7-16-31-61)82(80(49-58)89(70-34-17-8-18-35-70,71-36-19-9-20-37-71)72-38-21-10-22-39-72)86-57-85(79-53-62(42-45-77(79)86)59-26-11-5-12-27-59)67-32-25-33-68(55-67)88-69-43-44-74-73-40-23-24-41-76(73)87(78(74)56-69)81-54-66(46-47-84-81)83(2,3)4/h5-56H,1-4H3/i1D3,5D,6D,7D,8D,9D,10D,11D,12D,13D,14D,15D,16D,17D,18D,19D,20D,21D,22D,26D,27D,28D,29D,30D,31D,34D,35D,36D,37D,38D,39D,50D,51D,52D. The molecule has 0 aliphatic carbocycles. The van der Waals surface area contributed by atoms with Gasteiger partial charge in [0.2, 0.25) is 0 Å². The van der Waals surface area contributed by atoms with Crippen molar-refractivity contribution in [1.82, 2.24) is 14.1 Å². The van der Waals surface area contributed by atoms with Crippen molar-refractivity contribution in [2.24, 2.45) is 0 Å². The zero-order valence-corrected chi connectivity index (χ0v) is 48.2. The first-order valence-electron chi connectivity index (χ1n) is 45.6. The molecule has 89 heavy (non-hydrogen) atoms. The van der Waals surface area contributed by atoms with E-state index in [1.54, 1.807) is 24.4 Å². The molecule has 3 heterocycles. The number of aromatic nitrogens is 4. The SMILES string of the molecule is [2H]c1c([2H])c([2H])c(-c2ccc3c(c2)n(-c2cccc(Oc4ccc5c6ccccc6n(-c6cc(C(C)(C)C)ccn6)c5c4)c2)[c-][n+]3-c2c(-c3c([2H])c(-c4c([2H])c([2H])c([2H])c([2H])c4[2H])c([2H])c(-c4c([2H])c([2H])c([2H])c([2H])c4[2H])c3[2H])cc(C([2H])([2H])[2H])cc2[Si](c2c([2H])c([2H])c([2H])c([2H])c2[2H])(c2c([2H])c([2H])c([2H])c([2H])c2[2H])c2c([2H])c([2H])c([2H])c([2H])c2[2H])c([2H])c1[2H]. The van der Waals surface area contributed by atoms with Gasteiger partial charge in [0.1, 0.15) is 17.3 Å². The Hall–Kier alpha value is -10.9. The van der Waals surface area contributed by atoms with Crippen molar-refractivity contribution in [3.05, 3.63) is 332 Å². The maximum absolute atomic E-state index is 10.8. The van der Waals surface area contributed by atoms with Gasteiger partial charge in [0.05, 0.1) is 78.7 Å². The molecule has 0 amide bonds. The van der Waals surface area contributed by atoms with Crippen LogP contribution in [0.5, 0.6) is 11.5 Å². The molecule has 0 fully saturated rings. The molecule has 0 radical (unpaired) electrons. The Morgan fingerprint density at radius 3 is 1.65 bits per heavy atom. The Kier molecular flexibility index (Phi) is 7.22. The van der Waals surface area contributed by atoms with Gasteiger partial charge in [-0.3, -0.25) is 13.7 Å². The van der Waals surface area contributed by atoms with E-state index >= 15 is 0 Å². The second-order valence-electron chi connectivity index (χ2n) is 21.4. The number of ether oxygens (including phenoxy) is 1. The minimum Gasteiger partial charge on any atom is -0.458 e. The lowest BCUT2D eigenvalue weighted by atomic mass is 9.88. The van der Waals surface area contributed by atoms with Crippen LogP contribution in [0.3, 0.4) is 0 Å². The third-order valence-electron chi connectivity index (χ3n) is 15.1. The zero-order valence-electron chi connectivity index (χ0n) is 83.2. The average Bonchev–Trinajstić information content (AvgIpc) is 0.837. The first-order chi connectivity index (χ1) is 58.6. The fraction of sp³-hybridized carbons (Fsp3) is 0.0602. The van der Waals surface area contributed by atoms with Crippen LogP contribution in [-0.2, 0) is 5.41 Å². The van der Waals surface area contributed by atoms with Gasteiger partial charge in [-0.15, -0.1) is 0 Å². The molecule has 3 aromatic heterocycles. The van der Waals surface area contributed by atoms with E-state index < -0.39 is 285 Å². The van der Waals surface area contributed by atoms with E-state index in [2.05, 4.69) is 27.1 Å². The molecule has 0 spiro atoms. The van der Waals surface area contributed by atoms with E-state index in [4.69, 9.17) is 26.2 Å². The van der Waals surface area contributed by atoms with Crippen molar-refractivity contribution in [3.8, 4) is 73.2 Å². The van der Waals surface area contributed by atoms with E-state index in [0.29, 0.717) is 17.4 Å². The Morgan fingerprint density at radius 1 is 0.483 bits per heavy atom. The minimum absolute atomic E-state index is 0.0351. The molecule has 6 heteroatoms. The maximum atomic E-state index is 10.8. The van der Waals surface area contributed by atoms with E-state index in [-0.39, 0.29) is 39.2 Å². The van der Waals surface area contributed by atoms with E-state index in [9.17, 15) is 32.9 Å². The van der Waals surface area contributed by atoms with Gasteiger partial charge in [-0.05, 0) is 156 Å². The lowest BCUT2D eigenvalue weighted by Crippen LogP contribution is -2.76. The number of para-hydroxylation sites is 1. The van der Waals surface area contributed by atoms with Crippen molar-refractivity contribution in [2.75, 3.05) is 0 Å². The van der Waals surface area contributed by atoms with Crippen LogP contribution in [0.1, 0.15) is 81.2 Å². The van der Waals surface area contributed by atoms with Gasteiger partial charge < -0.3 is 4.74 Å². The highest BCUT2D eigenvalue weighted by Crippen LogP contribution is 2.39. The van der Waals surface area contributed by atoms with Crippen LogP contribution < -0.4 is 30.1 Å². The van der Waals surface area contributed by atoms with E-state index in [1.165, 1.54) is 41.0 Å². The highest BCUT2D eigenvalue weighted by Gasteiger charge is 2.44. The molecular formula is C83H64N4OSi. The maximum Gasteiger partial charge on any atom is 0.269 e. The predicted octanol–water partition coefficient (Wildman–Crippen LogP) is 17.6. The number of pyridine rings is 1. The van der Waals surface area contributed by atoms with Gasteiger partial charge in [-0.25, -0.2) is 4.98 Å². The molecule has 426 valence electrons. The zero-order chi connectivity index (χ0) is 91.3. The summed E-state index contributed by atoms with van der Waals surface area (Å²) in [5, 5.41) is -3.13. The summed E-state index contributed by atoms with van der Waals surface area (Å²) in [6.07, 6.45) is 4.92. The summed E-state index contributed by atoms with van der Waals surface area (Å²) >= 11 is 0. The molecule has 0 unspecified atom stereocenters. The molecule has 0 saturated heterocycles. The quantitative estimate of drug-likeness (QED) is 0.0499. The van der Waals surface area contributed by atoms with Gasteiger partial charge in [0.15, 0.2) is 8.07 Å². The van der Waals surface area contributed by atoms with Crippen LogP contribution in [0.2, 0.25) is 0 Å². The highest BCUT2D eigenvalue weighted by molar-refractivity contribution is 7.20. The second kappa shape index (κ2) is 22.7. The smallest absolute Gasteiger partial charge is 0.269 e. The fourth-order valence-corrected chi connectivity index (χ4v) is 15.2. The summed E-state index contributed by atoms with van der Waals surface area (Å²) in [7, 11) is -6.93. The number of benzene rings is 12. The monoisotopic (exact) mass is 1200 g/mol. The molecule has 12 aromatic carbocycles. The van der Waals surface area contributed by atoms with Crippen LogP contribution >= 0.6 is 0 Å². The first-order valence-corrected chi connectivity index (χ1v) is 29.6. The molecule has 0 saturated carbocycles. The van der Waals surface area contributed by atoms with Crippen molar-refractivity contribution < 1.29 is 58.7 Å². The van der Waals surface area contributed by atoms with E-state index in [1.807, 2.05) is 47.0 Å². The molecule has 0 atom stereocenters. The molecule has 5 nitrogen and oxygen atoms in total. The number of hydrogen-bond acceptors (Lipinski definition) is 2. The van der Waals surface area contributed by atoms with Crippen molar-refractivity contribution in [2.45, 2.75) is 33.0 Å². The van der Waals surface area contributed by atoms with Crippen LogP contribution in [0.25, 0.3) is 94.5 Å². The van der Waals surface area contributed by atoms with Crippen LogP contribution in [0.15, 0.2) is 315 Å². The van der Waals surface area contributed by atoms with Gasteiger partial charge in [-0.1, -0.05) is 256 Å². The Balaban J connectivity index is 1.21. The van der Waals surface area contributed by atoms with E-state index in [0.717, 1.165) is 32.5 Å². The largest absolute Gasteiger partial charge is 0.458 e. The normalized spacial score (nSPS) is 17.7. The number of nitrogens with zero attached hydrogens (tertiary/aromatic N) is 4. The molecule has 0 aliphatic rings. The van der Waals surface area contributed by atoms with Gasteiger partial charge >= 0.3 is 0 Å². The molecule has 0 bridgehead atoms.